The van der Waals surface area contributed by atoms with E-state index >= 15 is 0 Å². The number of fused-ring (bicyclic) bond motifs is 1. The average molecular weight is 263 g/mol. The molecule has 0 radical (unpaired) electrons. The van der Waals surface area contributed by atoms with E-state index in [-0.39, 0.29) is 11.9 Å². The number of furan rings is 1. The molecule has 2 rings (SSSR count). The highest BCUT2D eigenvalue weighted by Gasteiger charge is 2.13. The monoisotopic (exact) mass is 263 g/mol. The number of unbranched alkanes of at least 4 members (excludes halogenated alkanes) is 2. The molecular weight excluding hydrogens is 241 g/mol. The first-order chi connectivity index (χ1) is 9.11. The van der Waals surface area contributed by atoms with Crippen molar-refractivity contribution in [2.24, 2.45) is 5.73 Å². The lowest BCUT2D eigenvalue weighted by molar-refractivity contribution is 0.592. The maximum Gasteiger partial charge on any atom is 0.137 e. The Morgan fingerprint density at radius 1 is 1.26 bits per heavy atom. The maximum absolute atomic E-state index is 13.7. The predicted molar refractivity (Wildman–Crippen MR) is 76.8 cm³/mol. The normalized spacial score (nSPS) is 13.1. The molecule has 1 unspecified atom stereocenters. The summed E-state index contributed by atoms with van der Waals surface area (Å²) in [6.45, 7) is 4.09. The zero-order valence-corrected chi connectivity index (χ0v) is 11.7. The molecule has 0 amide bonds. The van der Waals surface area contributed by atoms with E-state index in [1.807, 2.05) is 6.92 Å². The molecule has 1 aromatic heterocycles. The molecule has 0 aliphatic heterocycles. The van der Waals surface area contributed by atoms with Gasteiger partial charge < -0.3 is 10.2 Å². The van der Waals surface area contributed by atoms with Crippen molar-refractivity contribution in [1.29, 1.82) is 0 Å². The van der Waals surface area contributed by atoms with Crippen molar-refractivity contribution in [2.45, 2.75) is 52.0 Å². The molecule has 3 heteroatoms. The molecular formula is C16H22FNO. The van der Waals surface area contributed by atoms with Crippen molar-refractivity contribution < 1.29 is 8.81 Å². The van der Waals surface area contributed by atoms with Gasteiger partial charge in [-0.2, -0.15) is 0 Å². The van der Waals surface area contributed by atoms with Crippen LogP contribution in [0.3, 0.4) is 0 Å². The summed E-state index contributed by atoms with van der Waals surface area (Å²) in [5.74, 6) is -0.207. The van der Waals surface area contributed by atoms with Crippen LogP contribution in [0.4, 0.5) is 4.39 Å². The Morgan fingerprint density at radius 2 is 2.05 bits per heavy atom. The van der Waals surface area contributed by atoms with Gasteiger partial charge in [0.2, 0.25) is 0 Å². The van der Waals surface area contributed by atoms with Crippen LogP contribution in [0.2, 0.25) is 0 Å². The smallest absolute Gasteiger partial charge is 0.137 e. The number of benzene rings is 1. The Morgan fingerprint density at radius 3 is 2.74 bits per heavy atom. The number of hydrogen-bond acceptors (Lipinski definition) is 2. The Hall–Kier alpha value is -1.35. The van der Waals surface area contributed by atoms with Gasteiger partial charge in [0.25, 0.3) is 0 Å². The largest absolute Gasteiger partial charge is 0.464 e. The fourth-order valence-electron chi connectivity index (χ4n) is 2.48. The van der Waals surface area contributed by atoms with Crippen molar-refractivity contribution in [3.05, 3.63) is 35.3 Å². The molecule has 0 fully saturated rings. The summed E-state index contributed by atoms with van der Waals surface area (Å²) in [6.07, 6.45) is 6.83. The molecule has 2 N–H and O–H groups in total. The van der Waals surface area contributed by atoms with E-state index in [0.29, 0.717) is 6.42 Å². The fourth-order valence-corrected chi connectivity index (χ4v) is 2.48. The van der Waals surface area contributed by atoms with Crippen molar-refractivity contribution in [1.82, 2.24) is 0 Å². The van der Waals surface area contributed by atoms with Crippen LogP contribution in [0.5, 0.6) is 0 Å². The van der Waals surface area contributed by atoms with E-state index < -0.39 is 0 Å². The summed E-state index contributed by atoms with van der Waals surface area (Å²) in [6, 6.07) is 3.11. The summed E-state index contributed by atoms with van der Waals surface area (Å²) >= 11 is 0. The van der Waals surface area contributed by atoms with Gasteiger partial charge in [0, 0.05) is 11.4 Å². The van der Waals surface area contributed by atoms with E-state index in [1.54, 1.807) is 12.3 Å². The number of hydrogen-bond donors (Lipinski definition) is 1. The summed E-state index contributed by atoms with van der Waals surface area (Å²) in [4.78, 5) is 0. The second kappa shape index (κ2) is 6.20. The molecule has 1 aromatic carbocycles. The van der Waals surface area contributed by atoms with Crippen molar-refractivity contribution in [3.63, 3.8) is 0 Å². The van der Waals surface area contributed by atoms with Gasteiger partial charge >= 0.3 is 0 Å². The number of halogens is 1. The third kappa shape index (κ3) is 3.35. The molecule has 19 heavy (non-hydrogen) atoms. The SMILES string of the molecule is CCCCCc1coc2c(CC(C)N)cc(F)cc12. The molecule has 0 saturated heterocycles. The van der Waals surface area contributed by atoms with Crippen LogP contribution >= 0.6 is 0 Å². The van der Waals surface area contributed by atoms with Crippen LogP contribution < -0.4 is 5.73 Å². The zero-order valence-electron chi connectivity index (χ0n) is 11.7. The van der Waals surface area contributed by atoms with Gasteiger partial charge in [0.1, 0.15) is 11.4 Å². The molecule has 1 heterocycles. The van der Waals surface area contributed by atoms with Crippen molar-refractivity contribution in [2.75, 3.05) is 0 Å². The summed E-state index contributed by atoms with van der Waals surface area (Å²) in [5, 5.41) is 0.909. The molecule has 2 nitrogen and oxygen atoms in total. The summed E-state index contributed by atoms with van der Waals surface area (Å²) in [7, 11) is 0. The second-order valence-electron chi connectivity index (χ2n) is 5.34. The number of nitrogens with two attached hydrogens (primary N) is 1. The molecule has 0 bridgehead atoms. The molecule has 0 aliphatic rings. The van der Waals surface area contributed by atoms with E-state index in [4.69, 9.17) is 10.2 Å². The Kier molecular flexibility index (Phi) is 4.59. The number of rotatable bonds is 6. The molecule has 0 spiro atoms. The molecule has 104 valence electrons. The van der Waals surface area contributed by atoms with E-state index in [0.717, 1.165) is 34.9 Å². The van der Waals surface area contributed by atoms with Gasteiger partial charge in [0.05, 0.1) is 6.26 Å². The topological polar surface area (TPSA) is 39.2 Å². The first-order valence-corrected chi connectivity index (χ1v) is 7.06. The third-order valence-corrected chi connectivity index (χ3v) is 3.39. The van der Waals surface area contributed by atoms with Crippen LogP contribution in [0, 0.1) is 5.82 Å². The van der Waals surface area contributed by atoms with Gasteiger partial charge in [-0.15, -0.1) is 0 Å². The molecule has 2 aromatic rings. The van der Waals surface area contributed by atoms with Crippen LogP contribution in [0.15, 0.2) is 22.8 Å². The van der Waals surface area contributed by atoms with E-state index in [2.05, 4.69) is 6.92 Å². The highest BCUT2D eigenvalue weighted by molar-refractivity contribution is 5.84. The van der Waals surface area contributed by atoms with Gasteiger partial charge in [0.15, 0.2) is 0 Å². The highest BCUT2D eigenvalue weighted by Crippen LogP contribution is 2.28. The first-order valence-electron chi connectivity index (χ1n) is 7.06. The lowest BCUT2D eigenvalue weighted by Crippen LogP contribution is -2.17. The molecule has 0 aliphatic carbocycles. The van der Waals surface area contributed by atoms with Gasteiger partial charge in [-0.25, -0.2) is 4.39 Å². The van der Waals surface area contributed by atoms with Crippen molar-refractivity contribution in [3.8, 4) is 0 Å². The second-order valence-corrected chi connectivity index (χ2v) is 5.34. The first kappa shape index (κ1) is 14.1. The van der Waals surface area contributed by atoms with Crippen LogP contribution in [0.25, 0.3) is 11.0 Å². The molecule has 0 saturated carbocycles. The van der Waals surface area contributed by atoms with Gasteiger partial charge in [-0.3, -0.25) is 0 Å². The van der Waals surface area contributed by atoms with E-state index in [1.165, 1.54) is 18.9 Å². The number of aryl methyl sites for hydroxylation is 1. The Labute approximate surface area is 113 Å². The zero-order chi connectivity index (χ0) is 13.8. The average Bonchev–Trinajstić information content (AvgIpc) is 2.72. The summed E-state index contributed by atoms with van der Waals surface area (Å²) < 4.78 is 19.4. The fraction of sp³-hybridized carbons (Fsp3) is 0.500. The lowest BCUT2D eigenvalue weighted by atomic mass is 10.0. The maximum atomic E-state index is 13.7. The predicted octanol–water partition coefficient (Wildman–Crippen LogP) is 4.19. The highest BCUT2D eigenvalue weighted by atomic mass is 19.1. The minimum atomic E-state index is -0.207. The van der Waals surface area contributed by atoms with Gasteiger partial charge in [-0.1, -0.05) is 19.8 Å². The standard InChI is InChI=1S/C16H22FNO/c1-3-4-5-6-12-10-19-16-13(7-11(2)18)8-14(17)9-15(12)16/h8-11H,3-7,18H2,1-2H3. The quantitative estimate of drug-likeness (QED) is 0.793. The van der Waals surface area contributed by atoms with E-state index in [9.17, 15) is 4.39 Å². The van der Waals surface area contributed by atoms with Crippen LogP contribution in [0.1, 0.15) is 44.2 Å². The molecule has 1 atom stereocenters. The summed E-state index contributed by atoms with van der Waals surface area (Å²) in [5.41, 5.74) is 8.58. The van der Waals surface area contributed by atoms with Crippen LogP contribution in [-0.2, 0) is 12.8 Å². The van der Waals surface area contributed by atoms with Crippen molar-refractivity contribution >= 4 is 11.0 Å². The lowest BCUT2D eigenvalue weighted by Gasteiger charge is -2.06. The Bertz CT molecular complexity index is 545. The third-order valence-electron chi connectivity index (χ3n) is 3.39. The van der Waals surface area contributed by atoms with Gasteiger partial charge in [-0.05, 0) is 49.4 Å². The minimum absolute atomic E-state index is 0.00126. The Balaban J connectivity index is 2.33. The minimum Gasteiger partial charge on any atom is -0.464 e. The van der Waals surface area contributed by atoms with Crippen LogP contribution in [-0.4, -0.2) is 6.04 Å².